The molecule has 2 heteroatoms. The van der Waals surface area contributed by atoms with Gasteiger partial charge in [0.15, 0.2) is 0 Å². The number of allylic oxidation sites excluding steroid dienone is 2. The Balaban J connectivity index is 2.65. The maximum Gasteiger partial charge on any atom is 0.302 e. The van der Waals surface area contributed by atoms with E-state index in [1.807, 2.05) is 0 Å². The Morgan fingerprint density at radius 1 is 1.57 bits per heavy atom. The number of carbonyl (C=O) groups is 1. The number of hydrogen-bond donors (Lipinski definition) is 0. The predicted molar refractivity (Wildman–Crippen MR) is 56.9 cm³/mol. The molecule has 0 spiro atoms. The molecule has 0 bridgehead atoms. The molecule has 0 saturated heterocycles. The molecular weight excluding hydrogens is 176 g/mol. The third-order valence-corrected chi connectivity index (χ3v) is 2.58. The minimum atomic E-state index is -0.162. The van der Waals surface area contributed by atoms with Crippen molar-refractivity contribution in [3.8, 4) is 0 Å². The minimum Gasteiger partial charge on any atom is -0.463 e. The number of carbonyl (C=O) groups excluding carboxylic acids is 1. The molecule has 0 fully saturated rings. The van der Waals surface area contributed by atoms with Crippen molar-refractivity contribution in [3.63, 3.8) is 0 Å². The summed E-state index contributed by atoms with van der Waals surface area (Å²) in [5.74, 6) is -0.162. The van der Waals surface area contributed by atoms with Crippen molar-refractivity contribution in [2.24, 2.45) is 5.41 Å². The lowest BCUT2D eigenvalue weighted by Gasteiger charge is -2.24. The van der Waals surface area contributed by atoms with E-state index >= 15 is 0 Å². The van der Waals surface area contributed by atoms with E-state index in [4.69, 9.17) is 4.74 Å². The molecule has 1 rings (SSSR count). The molecule has 0 aromatic heterocycles. The van der Waals surface area contributed by atoms with Gasteiger partial charge in [-0.1, -0.05) is 25.5 Å². The van der Waals surface area contributed by atoms with Crippen molar-refractivity contribution in [3.05, 3.63) is 11.6 Å². The summed E-state index contributed by atoms with van der Waals surface area (Å²) in [6.07, 6.45) is 5.34. The van der Waals surface area contributed by atoms with Crippen LogP contribution in [0.25, 0.3) is 0 Å². The summed E-state index contributed by atoms with van der Waals surface area (Å²) in [7, 11) is 0. The highest BCUT2D eigenvalue weighted by Crippen LogP contribution is 2.33. The molecule has 0 aromatic rings. The maximum atomic E-state index is 10.9. The van der Waals surface area contributed by atoms with Crippen molar-refractivity contribution in [2.45, 2.75) is 53.1 Å². The Labute approximate surface area is 86.3 Å². The van der Waals surface area contributed by atoms with Gasteiger partial charge in [0, 0.05) is 6.92 Å². The lowest BCUT2D eigenvalue weighted by Crippen LogP contribution is -2.22. The molecule has 0 amide bonds. The highest BCUT2D eigenvalue weighted by atomic mass is 16.5. The van der Waals surface area contributed by atoms with E-state index in [0.717, 1.165) is 19.3 Å². The van der Waals surface area contributed by atoms with Gasteiger partial charge in [0.1, 0.15) is 6.10 Å². The van der Waals surface area contributed by atoms with Gasteiger partial charge < -0.3 is 4.74 Å². The van der Waals surface area contributed by atoms with Crippen molar-refractivity contribution in [2.75, 3.05) is 0 Å². The number of hydrogen-bond acceptors (Lipinski definition) is 2. The summed E-state index contributed by atoms with van der Waals surface area (Å²) in [5, 5.41) is 0. The summed E-state index contributed by atoms with van der Waals surface area (Å²) in [4.78, 5) is 10.9. The molecule has 1 aliphatic rings. The Morgan fingerprint density at radius 2 is 2.21 bits per heavy atom. The predicted octanol–water partition coefficient (Wildman–Crippen LogP) is 3.07. The van der Waals surface area contributed by atoms with Crippen LogP contribution in [0.1, 0.15) is 47.0 Å². The third-order valence-electron chi connectivity index (χ3n) is 2.58. The molecule has 0 aliphatic heterocycles. The van der Waals surface area contributed by atoms with E-state index in [1.54, 1.807) is 0 Å². The molecule has 1 unspecified atom stereocenters. The second-order valence-electron chi connectivity index (χ2n) is 4.95. The van der Waals surface area contributed by atoms with Crippen LogP contribution in [0.2, 0.25) is 0 Å². The first-order valence-corrected chi connectivity index (χ1v) is 5.24. The average Bonchev–Trinajstić information content (AvgIpc) is 2.07. The largest absolute Gasteiger partial charge is 0.463 e. The topological polar surface area (TPSA) is 26.3 Å². The maximum absolute atomic E-state index is 10.9. The van der Waals surface area contributed by atoms with Gasteiger partial charge in [-0.15, -0.1) is 0 Å². The summed E-state index contributed by atoms with van der Waals surface area (Å²) in [5.41, 5.74) is 1.56. The molecule has 0 saturated carbocycles. The SMILES string of the molecule is CC(=O)OC1CCC(C)=CC(C)(C)C1. The van der Waals surface area contributed by atoms with Crippen LogP contribution in [0.5, 0.6) is 0 Å². The van der Waals surface area contributed by atoms with Crippen LogP contribution < -0.4 is 0 Å². The summed E-state index contributed by atoms with van der Waals surface area (Å²) in [6, 6.07) is 0. The number of rotatable bonds is 1. The van der Waals surface area contributed by atoms with Crippen LogP contribution in [0.3, 0.4) is 0 Å². The minimum absolute atomic E-state index is 0.0937. The fourth-order valence-electron chi connectivity index (χ4n) is 2.21. The molecule has 0 radical (unpaired) electrons. The quantitative estimate of drug-likeness (QED) is 0.476. The van der Waals surface area contributed by atoms with E-state index in [2.05, 4.69) is 26.8 Å². The fourth-order valence-corrected chi connectivity index (χ4v) is 2.21. The van der Waals surface area contributed by atoms with Gasteiger partial charge in [0.05, 0.1) is 0 Å². The fraction of sp³-hybridized carbons (Fsp3) is 0.750. The van der Waals surface area contributed by atoms with Crippen molar-refractivity contribution in [1.29, 1.82) is 0 Å². The zero-order valence-electron chi connectivity index (χ0n) is 9.59. The van der Waals surface area contributed by atoms with Crippen LogP contribution in [-0.4, -0.2) is 12.1 Å². The molecule has 0 N–H and O–H groups in total. The van der Waals surface area contributed by atoms with E-state index in [9.17, 15) is 4.79 Å². The van der Waals surface area contributed by atoms with E-state index in [0.29, 0.717) is 0 Å². The van der Waals surface area contributed by atoms with Gasteiger partial charge in [-0.2, -0.15) is 0 Å². The van der Waals surface area contributed by atoms with Crippen molar-refractivity contribution in [1.82, 2.24) is 0 Å². The Kier molecular flexibility index (Phi) is 3.35. The Bertz CT molecular complexity index is 251. The molecular formula is C12H20O2. The summed E-state index contributed by atoms with van der Waals surface area (Å²) in [6.45, 7) is 8.02. The summed E-state index contributed by atoms with van der Waals surface area (Å²) < 4.78 is 5.28. The molecule has 1 atom stereocenters. The Hall–Kier alpha value is -0.790. The summed E-state index contributed by atoms with van der Waals surface area (Å²) >= 11 is 0. The highest BCUT2D eigenvalue weighted by molar-refractivity contribution is 5.66. The second kappa shape index (κ2) is 4.16. The first-order valence-electron chi connectivity index (χ1n) is 5.24. The number of esters is 1. The molecule has 2 nitrogen and oxygen atoms in total. The van der Waals surface area contributed by atoms with E-state index < -0.39 is 0 Å². The van der Waals surface area contributed by atoms with Crippen LogP contribution in [0.4, 0.5) is 0 Å². The monoisotopic (exact) mass is 196 g/mol. The van der Waals surface area contributed by atoms with Gasteiger partial charge in [0.25, 0.3) is 0 Å². The zero-order chi connectivity index (χ0) is 10.8. The smallest absolute Gasteiger partial charge is 0.302 e. The second-order valence-corrected chi connectivity index (χ2v) is 4.95. The van der Waals surface area contributed by atoms with Gasteiger partial charge in [-0.25, -0.2) is 0 Å². The van der Waals surface area contributed by atoms with Crippen LogP contribution in [-0.2, 0) is 9.53 Å². The van der Waals surface area contributed by atoms with Crippen LogP contribution in [0, 0.1) is 5.41 Å². The van der Waals surface area contributed by atoms with E-state index in [1.165, 1.54) is 12.5 Å². The first-order chi connectivity index (χ1) is 6.39. The zero-order valence-corrected chi connectivity index (χ0v) is 9.59. The molecule has 1 aliphatic carbocycles. The molecule has 0 aromatic carbocycles. The van der Waals surface area contributed by atoms with Gasteiger partial charge >= 0.3 is 5.97 Å². The average molecular weight is 196 g/mol. The first kappa shape index (κ1) is 11.3. The van der Waals surface area contributed by atoms with E-state index in [-0.39, 0.29) is 17.5 Å². The van der Waals surface area contributed by atoms with Crippen LogP contribution >= 0.6 is 0 Å². The van der Waals surface area contributed by atoms with Crippen LogP contribution in [0.15, 0.2) is 11.6 Å². The Morgan fingerprint density at radius 3 is 2.79 bits per heavy atom. The van der Waals surface area contributed by atoms with Crippen molar-refractivity contribution < 1.29 is 9.53 Å². The van der Waals surface area contributed by atoms with Gasteiger partial charge in [0.2, 0.25) is 0 Å². The standard InChI is InChI=1S/C12H20O2/c1-9-5-6-11(14-10(2)13)8-12(3,4)7-9/h7,11H,5-6,8H2,1-4H3. The lowest BCUT2D eigenvalue weighted by atomic mass is 9.87. The molecule has 80 valence electrons. The van der Waals surface area contributed by atoms with Gasteiger partial charge in [-0.3, -0.25) is 4.79 Å². The number of ether oxygens (including phenoxy) is 1. The van der Waals surface area contributed by atoms with Crippen molar-refractivity contribution >= 4 is 5.97 Å². The highest BCUT2D eigenvalue weighted by Gasteiger charge is 2.26. The normalized spacial score (nSPS) is 26.3. The van der Waals surface area contributed by atoms with Gasteiger partial charge in [-0.05, 0) is 31.6 Å². The molecule has 14 heavy (non-hydrogen) atoms. The third kappa shape index (κ3) is 3.52. The lowest BCUT2D eigenvalue weighted by molar-refractivity contribution is -0.147. The molecule has 0 heterocycles.